The van der Waals surface area contributed by atoms with Crippen molar-refractivity contribution < 1.29 is 4.79 Å². The van der Waals surface area contributed by atoms with Crippen molar-refractivity contribution in [2.24, 2.45) is 5.41 Å². The highest BCUT2D eigenvalue weighted by Crippen LogP contribution is 2.29. The zero-order valence-electron chi connectivity index (χ0n) is 20.7. The fourth-order valence-electron chi connectivity index (χ4n) is 4.82. The number of anilines is 1. The Labute approximate surface area is 210 Å². The molecule has 0 saturated carbocycles. The third-order valence-corrected chi connectivity index (χ3v) is 6.70. The molecule has 1 aliphatic heterocycles. The summed E-state index contributed by atoms with van der Waals surface area (Å²) in [5, 5.41) is 10.7. The lowest BCUT2D eigenvalue weighted by Crippen LogP contribution is -2.55. The SMILES string of the molecule is C[C@@H]1CN(c2nc3cc(Cl)ccc3c3nnc(Cc4ccccc4)n23)CCN1C(=O)CC(C)(C)C. The van der Waals surface area contributed by atoms with Crippen molar-refractivity contribution >= 4 is 40.0 Å². The summed E-state index contributed by atoms with van der Waals surface area (Å²) in [6.45, 7) is 10.5. The first-order valence-corrected chi connectivity index (χ1v) is 12.5. The second-order valence-electron chi connectivity index (χ2n) is 10.6. The monoisotopic (exact) mass is 490 g/mol. The van der Waals surface area contributed by atoms with Gasteiger partial charge in [0.25, 0.3) is 0 Å². The van der Waals surface area contributed by atoms with E-state index in [9.17, 15) is 4.79 Å². The van der Waals surface area contributed by atoms with Crippen LogP contribution in [0, 0.1) is 5.41 Å². The normalized spacial score (nSPS) is 16.9. The molecule has 0 bridgehead atoms. The summed E-state index contributed by atoms with van der Waals surface area (Å²) in [6.07, 6.45) is 1.19. The molecule has 35 heavy (non-hydrogen) atoms. The van der Waals surface area contributed by atoms with Crippen LogP contribution in [-0.2, 0) is 11.2 Å². The lowest BCUT2D eigenvalue weighted by atomic mass is 9.91. The largest absolute Gasteiger partial charge is 0.338 e. The summed E-state index contributed by atoms with van der Waals surface area (Å²) in [7, 11) is 0. The molecule has 7 nitrogen and oxygen atoms in total. The molecule has 0 aliphatic carbocycles. The number of carbonyl (C=O) groups excluding carboxylic acids is 1. The van der Waals surface area contributed by atoms with Gasteiger partial charge in [-0.3, -0.25) is 4.79 Å². The molecule has 0 unspecified atom stereocenters. The van der Waals surface area contributed by atoms with Gasteiger partial charge in [-0.15, -0.1) is 10.2 Å². The van der Waals surface area contributed by atoms with Gasteiger partial charge in [-0.2, -0.15) is 0 Å². The van der Waals surface area contributed by atoms with E-state index in [-0.39, 0.29) is 17.4 Å². The van der Waals surface area contributed by atoms with Crippen LogP contribution in [0.2, 0.25) is 5.02 Å². The van der Waals surface area contributed by atoms with Crippen molar-refractivity contribution in [3.63, 3.8) is 0 Å². The van der Waals surface area contributed by atoms with Gasteiger partial charge in [0.15, 0.2) is 5.65 Å². The summed E-state index contributed by atoms with van der Waals surface area (Å²) in [4.78, 5) is 22.3. The smallest absolute Gasteiger partial charge is 0.223 e. The lowest BCUT2D eigenvalue weighted by Gasteiger charge is -2.41. The van der Waals surface area contributed by atoms with Crippen molar-refractivity contribution in [1.29, 1.82) is 0 Å². The molecule has 1 fully saturated rings. The van der Waals surface area contributed by atoms with Crippen molar-refractivity contribution in [3.8, 4) is 0 Å². The van der Waals surface area contributed by atoms with Gasteiger partial charge in [-0.1, -0.05) is 62.7 Å². The van der Waals surface area contributed by atoms with Gasteiger partial charge in [-0.25, -0.2) is 9.38 Å². The minimum Gasteiger partial charge on any atom is -0.338 e. The van der Waals surface area contributed by atoms with E-state index in [1.807, 2.05) is 41.3 Å². The Morgan fingerprint density at radius 1 is 1.09 bits per heavy atom. The van der Waals surface area contributed by atoms with E-state index in [1.165, 1.54) is 0 Å². The Balaban J connectivity index is 1.54. The molecule has 5 rings (SSSR count). The van der Waals surface area contributed by atoms with Crippen molar-refractivity contribution in [3.05, 3.63) is 64.9 Å². The zero-order valence-corrected chi connectivity index (χ0v) is 21.5. The number of amides is 1. The Hall–Kier alpha value is -3.19. The Morgan fingerprint density at radius 2 is 1.86 bits per heavy atom. The molecule has 4 aromatic rings. The summed E-state index contributed by atoms with van der Waals surface area (Å²) < 4.78 is 2.07. The first-order chi connectivity index (χ1) is 16.7. The molecular weight excluding hydrogens is 460 g/mol. The van der Waals surface area contributed by atoms with Crippen LogP contribution >= 0.6 is 11.6 Å². The van der Waals surface area contributed by atoms with Crippen molar-refractivity contribution in [2.45, 2.75) is 46.6 Å². The maximum atomic E-state index is 13.0. The van der Waals surface area contributed by atoms with Crippen LogP contribution in [0.15, 0.2) is 48.5 Å². The number of aromatic nitrogens is 4. The Bertz CT molecular complexity index is 1380. The quantitative estimate of drug-likeness (QED) is 0.403. The molecule has 2 aromatic carbocycles. The van der Waals surface area contributed by atoms with Crippen molar-refractivity contribution in [2.75, 3.05) is 24.5 Å². The standard InChI is InChI=1S/C27H31ClN6O/c1-18-17-32(12-13-33(18)24(35)16-27(2,3)4)26-29-22-15-20(28)10-11-21(22)25-31-30-23(34(25)26)14-19-8-6-5-7-9-19/h5-11,15,18H,12-14,16-17H2,1-4H3/t18-/m1/s1. The molecule has 1 saturated heterocycles. The maximum Gasteiger partial charge on any atom is 0.223 e. The predicted octanol–water partition coefficient (Wildman–Crippen LogP) is 5.00. The van der Waals surface area contributed by atoms with Crippen LogP contribution < -0.4 is 4.90 Å². The predicted molar refractivity (Wildman–Crippen MR) is 140 cm³/mol. The number of fused-ring (bicyclic) bond motifs is 3. The number of rotatable bonds is 4. The number of benzene rings is 2. The molecule has 0 radical (unpaired) electrons. The maximum absolute atomic E-state index is 13.0. The van der Waals surface area contributed by atoms with E-state index in [0.29, 0.717) is 37.5 Å². The number of nitrogens with zero attached hydrogens (tertiary/aromatic N) is 6. The fourth-order valence-corrected chi connectivity index (χ4v) is 4.98. The average molecular weight is 491 g/mol. The molecule has 1 aliphatic rings. The zero-order chi connectivity index (χ0) is 24.7. The highest BCUT2D eigenvalue weighted by atomic mass is 35.5. The minimum absolute atomic E-state index is 0.0336. The fraction of sp³-hybridized carbons (Fsp3) is 0.407. The van der Waals surface area contributed by atoms with Crippen molar-refractivity contribution in [1.82, 2.24) is 24.5 Å². The Kier molecular flexibility index (Phi) is 6.13. The van der Waals surface area contributed by atoms with E-state index < -0.39 is 0 Å². The number of hydrogen-bond donors (Lipinski definition) is 0. The van der Waals surface area contributed by atoms with Gasteiger partial charge < -0.3 is 9.80 Å². The van der Waals surface area contributed by atoms with Crippen LogP contribution in [0.1, 0.15) is 45.5 Å². The molecule has 1 atom stereocenters. The molecule has 0 spiro atoms. The summed E-state index contributed by atoms with van der Waals surface area (Å²) in [6, 6.07) is 16.0. The van der Waals surface area contributed by atoms with Gasteiger partial charge in [0.2, 0.25) is 11.9 Å². The lowest BCUT2D eigenvalue weighted by molar-refractivity contribution is -0.135. The highest BCUT2D eigenvalue weighted by Gasteiger charge is 2.31. The van der Waals surface area contributed by atoms with E-state index >= 15 is 0 Å². The van der Waals surface area contributed by atoms with Gasteiger partial charge in [-0.05, 0) is 36.1 Å². The highest BCUT2D eigenvalue weighted by molar-refractivity contribution is 6.31. The van der Waals surface area contributed by atoms with Gasteiger partial charge >= 0.3 is 0 Å². The number of hydrogen-bond acceptors (Lipinski definition) is 5. The number of halogens is 1. The molecular formula is C27H31ClN6O. The number of carbonyl (C=O) groups is 1. The van der Waals surface area contributed by atoms with E-state index in [1.54, 1.807) is 0 Å². The van der Waals surface area contributed by atoms with E-state index in [0.717, 1.165) is 33.9 Å². The van der Waals surface area contributed by atoms with Gasteiger partial charge in [0.05, 0.1) is 5.52 Å². The molecule has 0 N–H and O–H groups in total. The molecule has 182 valence electrons. The summed E-state index contributed by atoms with van der Waals surface area (Å²) >= 11 is 6.31. The first kappa shape index (κ1) is 23.5. The van der Waals surface area contributed by atoms with E-state index in [4.69, 9.17) is 16.6 Å². The topological polar surface area (TPSA) is 66.6 Å². The van der Waals surface area contributed by atoms with Crippen LogP contribution in [0.5, 0.6) is 0 Å². The van der Waals surface area contributed by atoms with Crippen LogP contribution in [-0.4, -0.2) is 56.1 Å². The first-order valence-electron chi connectivity index (χ1n) is 12.1. The van der Waals surface area contributed by atoms with E-state index in [2.05, 4.69) is 59.3 Å². The van der Waals surface area contributed by atoms with Crippen LogP contribution in [0.4, 0.5) is 5.95 Å². The molecule has 1 amide bonds. The summed E-state index contributed by atoms with van der Waals surface area (Å²) in [5.41, 5.74) is 2.69. The van der Waals surface area contributed by atoms with Crippen LogP contribution in [0.3, 0.4) is 0 Å². The second kappa shape index (κ2) is 9.11. The Morgan fingerprint density at radius 3 is 2.57 bits per heavy atom. The second-order valence-corrected chi connectivity index (χ2v) is 11.1. The molecule has 3 heterocycles. The average Bonchev–Trinajstić information content (AvgIpc) is 3.21. The third kappa shape index (κ3) is 4.82. The number of piperazine rings is 1. The minimum atomic E-state index is -0.0336. The van der Waals surface area contributed by atoms with Crippen LogP contribution in [0.25, 0.3) is 16.6 Å². The third-order valence-electron chi connectivity index (χ3n) is 6.47. The van der Waals surface area contributed by atoms with Gasteiger partial charge in [0.1, 0.15) is 5.82 Å². The molecule has 8 heteroatoms. The van der Waals surface area contributed by atoms with Gasteiger partial charge in [0, 0.05) is 48.9 Å². The summed E-state index contributed by atoms with van der Waals surface area (Å²) in [5.74, 6) is 1.84. The molecule has 2 aromatic heterocycles.